The molecule has 1 atom stereocenters. The van der Waals surface area contributed by atoms with E-state index >= 15 is 0 Å². The second-order valence-corrected chi connectivity index (χ2v) is 11.8. The van der Waals surface area contributed by atoms with Gasteiger partial charge in [-0.15, -0.1) is 0 Å². The van der Waals surface area contributed by atoms with Gasteiger partial charge in [-0.05, 0) is 69.7 Å². The minimum Gasteiger partial charge on any atom is -0.489 e. The number of aromatic nitrogens is 2. The Morgan fingerprint density at radius 2 is 1.88 bits per heavy atom. The molecule has 3 heterocycles. The third kappa shape index (κ3) is 5.97. The molecule has 1 unspecified atom stereocenters. The highest BCUT2D eigenvalue weighted by atomic mass is 35.5. The number of hydrogen-bond donors (Lipinski definition) is 0. The summed E-state index contributed by atoms with van der Waals surface area (Å²) in [6, 6.07) is 14.9. The van der Waals surface area contributed by atoms with Gasteiger partial charge in [-0.1, -0.05) is 29.8 Å². The number of amides is 2. The Morgan fingerprint density at radius 3 is 2.58 bits per heavy atom. The van der Waals surface area contributed by atoms with E-state index in [1.54, 1.807) is 86.5 Å². The lowest BCUT2D eigenvalue weighted by Crippen LogP contribution is -2.43. The first-order valence-electron chi connectivity index (χ1n) is 13.9. The van der Waals surface area contributed by atoms with Crippen LogP contribution in [-0.4, -0.2) is 70.6 Å². The molecule has 4 aromatic rings. The number of methoxy groups -OCH3 is 1. The highest BCUT2D eigenvalue weighted by Gasteiger charge is 2.37. The summed E-state index contributed by atoms with van der Waals surface area (Å²) in [5.41, 5.74) is 2.17. The topological polar surface area (TPSA) is 85.6 Å². The summed E-state index contributed by atoms with van der Waals surface area (Å²) in [5, 5.41) is 0.443. The number of benzene rings is 2. The minimum atomic E-state index is -0.673. The van der Waals surface area contributed by atoms with Crippen LogP contribution in [0.1, 0.15) is 48.4 Å². The predicted octanol–water partition coefficient (Wildman–Crippen LogP) is 6.55. The number of rotatable bonds is 7. The molecule has 1 aliphatic heterocycles. The zero-order valence-electron chi connectivity index (χ0n) is 25.0. The van der Waals surface area contributed by atoms with E-state index in [4.69, 9.17) is 30.8 Å². The average molecular weight is 609 g/mol. The van der Waals surface area contributed by atoms with Crippen LogP contribution in [-0.2, 0) is 4.74 Å². The van der Waals surface area contributed by atoms with Crippen LogP contribution in [0, 0.1) is 12.7 Å². The summed E-state index contributed by atoms with van der Waals surface area (Å²) in [6.07, 6.45) is -0.508. The first kappa shape index (κ1) is 30.2. The van der Waals surface area contributed by atoms with E-state index in [1.807, 2.05) is 6.07 Å². The standard InChI is InChI=1S/C32H34ClFN4O5/c1-19-17-20(13-14-23(19)34)28-27(35-25-11-8-12-26(41-6)38(25)28)30(39)37(16-15-36(5)31(40)43-32(2,3)4)24-18-42-29-21(24)9-7-10-22(29)33/h7-14,17,24H,15-16,18H2,1-6H3. The van der Waals surface area contributed by atoms with E-state index in [0.29, 0.717) is 39.1 Å². The SMILES string of the molecule is COc1cccc2nc(C(=O)N(CCN(C)C(=O)OC(C)(C)C)C3COc4c(Cl)cccc43)c(-c3ccc(F)c(C)c3)n12. The fourth-order valence-electron chi connectivity index (χ4n) is 5.10. The molecule has 0 aliphatic carbocycles. The number of imidazole rings is 1. The molecule has 0 radical (unpaired) electrons. The third-order valence-electron chi connectivity index (χ3n) is 7.21. The number of carbonyl (C=O) groups excluding carboxylic acids is 2. The van der Waals surface area contributed by atoms with E-state index < -0.39 is 23.6 Å². The van der Waals surface area contributed by atoms with Gasteiger partial charge >= 0.3 is 6.09 Å². The predicted molar refractivity (Wildman–Crippen MR) is 161 cm³/mol. The maximum absolute atomic E-state index is 14.7. The minimum absolute atomic E-state index is 0.140. The van der Waals surface area contributed by atoms with Crippen molar-refractivity contribution in [3.05, 3.63) is 82.3 Å². The molecule has 0 N–H and O–H groups in total. The third-order valence-corrected chi connectivity index (χ3v) is 7.51. The van der Waals surface area contributed by atoms with Crippen LogP contribution in [0.4, 0.5) is 9.18 Å². The van der Waals surface area contributed by atoms with Crippen molar-refractivity contribution in [2.75, 3.05) is 33.9 Å². The molecule has 0 saturated heterocycles. The van der Waals surface area contributed by atoms with Crippen molar-refractivity contribution < 1.29 is 28.2 Å². The van der Waals surface area contributed by atoms with Gasteiger partial charge < -0.3 is 24.0 Å². The van der Waals surface area contributed by atoms with Crippen LogP contribution in [0.3, 0.4) is 0 Å². The van der Waals surface area contributed by atoms with Crippen molar-refractivity contribution in [1.82, 2.24) is 19.2 Å². The monoisotopic (exact) mass is 608 g/mol. The van der Waals surface area contributed by atoms with Gasteiger partial charge in [-0.25, -0.2) is 14.2 Å². The maximum atomic E-state index is 14.7. The Kier molecular flexibility index (Phi) is 8.25. The molecular weight excluding hydrogens is 575 g/mol. The molecule has 2 aromatic heterocycles. The molecule has 2 aromatic carbocycles. The van der Waals surface area contributed by atoms with Crippen LogP contribution in [0.2, 0.25) is 5.02 Å². The molecule has 9 nitrogen and oxygen atoms in total. The summed E-state index contributed by atoms with van der Waals surface area (Å²) in [7, 11) is 3.15. The highest BCUT2D eigenvalue weighted by molar-refractivity contribution is 6.32. The summed E-state index contributed by atoms with van der Waals surface area (Å²) in [5.74, 6) is 0.208. The Labute approximate surface area is 254 Å². The number of likely N-dealkylation sites (N-methyl/N-ethyl adjacent to an activating group) is 1. The number of halogens is 2. The van der Waals surface area contributed by atoms with E-state index in [2.05, 4.69) is 0 Å². The molecule has 226 valence electrons. The molecule has 0 saturated carbocycles. The van der Waals surface area contributed by atoms with Gasteiger partial charge in [-0.3, -0.25) is 9.20 Å². The van der Waals surface area contributed by atoms with Crippen LogP contribution < -0.4 is 9.47 Å². The molecular formula is C32H34ClFN4O5. The highest BCUT2D eigenvalue weighted by Crippen LogP contribution is 2.42. The van der Waals surface area contributed by atoms with Gasteiger partial charge in [0, 0.05) is 31.3 Å². The van der Waals surface area contributed by atoms with Crippen LogP contribution in [0.5, 0.6) is 11.6 Å². The fourth-order valence-corrected chi connectivity index (χ4v) is 5.34. The number of para-hydroxylation sites is 1. The molecule has 1 aliphatic rings. The van der Waals surface area contributed by atoms with Gasteiger partial charge in [0.25, 0.3) is 5.91 Å². The second kappa shape index (κ2) is 11.8. The molecule has 43 heavy (non-hydrogen) atoms. The number of pyridine rings is 1. The summed E-state index contributed by atoms with van der Waals surface area (Å²) < 4.78 is 33.2. The van der Waals surface area contributed by atoms with Crippen molar-refractivity contribution in [2.24, 2.45) is 0 Å². The first-order valence-corrected chi connectivity index (χ1v) is 14.3. The van der Waals surface area contributed by atoms with Crippen molar-refractivity contribution in [3.63, 3.8) is 0 Å². The average Bonchev–Trinajstić information content (AvgIpc) is 3.56. The van der Waals surface area contributed by atoms with Crippen LogP contribution >= 0.6 is 11.6 Å². The normalized spacial score (nSPS) is 14.3. The summed E-state index contributed by atoms with van der Waals surface area (Å²) in [6.45, 7) is 7.53. The van der Waals surface area contributed by atoms with E-state index in [-0.39, 0.29) is 31.2 Å². The largest absolute Gasteiger partial charge is 0.489 e. The van der Waals surface area contributed by atoms with Crippen LogP contribution in [0.15, 0.2) is 54.6 Å². The first-order chi connectivity index (χ1) is 20.4. The van der Waals surface area contributed by atoms with Gasteiger partial charge in [0.1, 0.15) is 29.4 Å². The van der Waals surface area contributed by atoms with Gasteiger partial charge in [0.2, 0.25) is 0 Å². The van der Waals surface area contributed by atoms with Crippen molar-refractivity contribution in [3.8, 4) is 22.9 Å². The lowest BCUT2D eigenvalue weighted by atomic mass is 10.0. The molecule has 0 bridgehead atoms. The lowest BCUT2D eigenvalue weighted by molar-refractivity contribution is 0.0262. The molecule has 2 amide bonds. The summed E-state index contributed by atoms with van der Waals surface area (Å²) >= 11 is 6.43. The van der Waals surface area contributed by atoms with E-state index in [1.165, 1.54) is 18.1 Å². The fraction of sp³-hybridized carbons (Fsp3) is 0.344. The Morgan fingerprint density at radius 1 is 1.14 bits per heavy atom. The smallest absolute Gasteiger partial charge is 0.410 e. The Hall–Kier alpha value is -4.31. The van der Waals surface area contributed by atoms with Crippen molar-refractivity contribution >= 4 is 29.2 Å². The Bertz CT molecular complexity index is 1700. The van der Waals surface area contributed by atoms with Crippen molar-refractivity contribution in [1.29, 1.82) is 0 Å². The number of nitrogens with zero attached hydrogens (tertiary/aromatic N) is 4. The number of hydrogen-bond acceptors (Lipinski definition) is 6. The quantitative estimate of drug-likeness (QED) is 0.236. The van der Waals surface area contributed by atoms with E-state index in [0.717, 1.165) is 5.56 Å². The molecule has 5 rings (SSSR count). The maximum Gasteiger partial charge on any atom is 0.410 e. The molecule has 0 spiro atoms. The number of ether oxygens (including phenoxy) is 3. The Balaban J connectivity index is 1.61. The number of aryl methyl sites for hydroxylation is 1. The zero-order chi connectivity index (χ0) is 31.1. The second-order valence-electron chi connectivity index (χ2n) is 11.4. The lowest BCUT2D eigenvalue weighted by Gasteiger charge is -2.31. The molecule has 0 fully saturated rings. The van der Waals surface area contributed by atoms with Gasteiger partial charge in [0.05, 0.1) is 23.9 Å². The van der Waals surface area contributed by atoms with Gasteiger partial charge in [0.15, 0.2) is 11.6 Å². The van der Waals surface area contributed by atoms with Gasteiger partial charge in [-0.2, -0.15) is 0 Å². The zero-order valence-corrected chi connectivity index (χ0v) is 25.7. The summed E-state index contributed by atoms with van der Waals surface area (Å²) in [4.78, 5) is 35.2. The van der Waals surface area contributed by atoms with Crippen molar-refractivity contribution in [2.45, 2.75) is 39.3 Å². The van der Waals surface area contributed by atoms with E-state index in [9.17, 15) is 14.0 Å². The number of fused-ring (bicyclic) bond motifs is 2. The van der Waals surface area contributed by atoms with Crippen LogP contribution in [0.25, 0.3) is 16.9 Å². The number of carbonyl (C=O) groups is 2. The molecule has 11 heteroatoms.